The summed E-state index contributed by atoms with van der Waals surface area (Å²) in [5.41, 5.74) is 0.718. The van der Waals surface area contributed by atoms with Gasteiger partial charge >= 0.3 is 5.97 Å². The average Bonchev–Trinajstić information content (AvgIpc) is 2.37. The maximum atomic E-state index is 10.8. The third-order valence-corrected chi connectivity index (χ3v) is 2.95. The number of rotatable bonds is 7. The number of aliphatic hydroxyl groups excluding tert-OH is 1. The van der Waals surface area contributed by atoms with Crippen LogP contribution in [0.4, 0.5) is 0 Å². The minimum absolute atomic E-state index is 0.0522. The Labute approximate surface area is 113 Å². The third-order valence-electron chi connectivity index (χ3n) is 2.95. The summed E-state index contributed by atoms with van der Waals surface area (Å²) >= 11 is 0. The van der Waals surface area contributed by atoms with Gasteiger partial charge in [-0.15, -0.1) is 0 Å². The number of hydrogen-bond acceptors (Lipinski definition) is 4. The van der Waals surface area contributed by atoms with Crippen LogP contribution >= 0.6 is 0 Å². The first kappa shape index (κ1) is 15.5. The second kappa shape index (κ2) is 7.11. The standard InChI is InChI=1S/C14H21NO4/c1-10(2)15(9-14(17)18)8-13(16)11-5-4-6-12(7-11)19-3/h4-7,10,13,16H,8-9H2,1-3H3,(H,17,18). The molecular weight excluding hydrogens is 246 g/mol. The van der Waals surface area contributed by atoms with Crippen LogP contribution in [-0.2, 0) is 4.79 Å². The van der Waals surface area contributed by atoms with E-state index in [4.69, 9.17) is 9.84 Å². The van der Waals surface area contributed by atoms with E-state index in [9.17, 15) is 9.90 Å². The van der Waals surface area contributed by atoms with Gasteiger partial charge in [0.1, 0.15) is 5.75 Å². The summed E-state index contributed by atoms with van der Waals surface area (Å²) in [5.74, 6) is -0.225. The first-order valence-electron chi connectivity index (χ1n) is 6.22. The Morgan fingerprint density at radius 1 is 1.42 bits per heavy atom. The SMILES string of the molecule is COc1cccc(C(O)CN(CC(=O)O)C(C)C)c1. The summed E-state index contributed by atoms with van der Waals surface area (Å²) in [6, 6.07) is 7.20. The summed E-state index contributed by atoms with van der Waals surface area (Å²) in [5, 5.41) is 19.0. The number of nitrogens with zero attached hydrogens (tertiary/aromatic N) is 1. The molecule has 1 atom stereocenters. The van der Waals surface area contributed by atoms with Crippen molar-refractivity contribution in [2.24, 2.45) is 0 Å². The molecule has 1 unspecified atom stereocenters. The lowest BCUT2D eigenvalue weighted by atomic mass is 10.1. The highest BCUT2D eigenvalue weighted by atomic mass is 16.5. The van der Waals surface area contributed by atoms with E-state index in [2.05, 4.69) is 0 Å². The van der Waals surface area contributed by atoms with Crippen molar-refractivity contribution < 1.29 is 19.7 Å². The molecule has 0 heterocycles. The molecule has 5 nitrogen and oxygen atoms in total. The maximum absolute atomic E-state index is 10.8. The average molecular weight is 267 g/mol. The van der Waals surface area contributed by atoms with Gasteiger partial charge in [0, 0.05) is 12.6 Å². The highest BCUT2D eigenvalue weighted by Gasteiger charge is 2.18. The van der Waals surface area contributed by atoms with Crippen LogP contribution in [0.25, 0.3) is 0 Å². The molecule has 0 spiro atoms. The van der Waals surface area contributed by atoms with Gasteiger partial charge in [-0.25, -0.2) is 0 Å². The number of benzene rings is 1. The zero-order valence-electron chi connectivity index (χ0n) is 11.5. The highest BCUT2D eigenvalue weighted by molar-refractivity contribution is 5.69. The van der Waals surface area contributed by atoms with E-state index in [1.807, 2.05) is 13.8 Å². The lowest BCUT2D eigenvalue weighted by Crippen LogP contribution is -2.38. The summed E-state index contributed by atoms with van der Waals surface area (Å²) in [6.07, 6.45) is -0.739. The normalized spacial score (nSPS) is 12.7. The zero-order chi connectivity index (χ0) is 14.4. The van der Waals surface area contributed by atoms with Crippen molar-refractivity contribution in [2.45, 2.75) is 26.0 Å². The van der Waals surface area contributed by atoms with Crippen molar-refractivity contribution in [3.8, 4) is 5.75 Å². The van der Waals surface area contributed by atoms with Crippen LogP contribution < -0.4 is 4.74 Å². The highest BCUT2D eigenvalue weighted by Crippen LogP contribution is 2.20. The number of hydrogen-bond donors (Lipinski definition) is 2. The van der Waals surface area contributed by atoms with E-state index in [1.54, 1.807) is 36.3 Å². The van der Waals surface area contributed by atoms with Crippen molar-refractivity contribution in [1.82, 2.24) is 4.90 Å². The van der Waals surface area contributed by atoms with Gasteiger partial charge < -0.3 is 14.9 Å². The van der Waals surface area contributed by atoms with E-state index in [-0.39, 0.29) is 19.1 Å². The molecule has 0 aliphatic heterocycles. The van der Waals surface area contributed by atoms with E-state index in [1.165, 1.54) is 0 Å². The van der Waals surface area contributed by atoms with E-state index >= 15 is 0 Å². The Bertz CT molecular complexity index is 420. The largest absolute Gasteiger partial charge is 0.497 e. The molecule has 0 amide bonds. The van der Waals surface area contributed by atoms with Gasteiger partial charge in [0.05, 0.1) is 19.8 Å². The second-order valence-electron chi connectivity index (χ2n) is 4.71. The van der Waals surface area contributed by atoms with Gasteiger partial charge in [-0.05, 0) is 31.5 Å². The molecule has 2 N–H and O–H groups in total. The molecule has 0 fully saturated rings. The molecule has 0 aliphatic rings. The number of methoxy groups -OCH3 is 1. The molecule has 1 rings (SSSR count). The molecular formula is C14H21NO4. The van der Waals surface area contributed by atoms with Crippen LogP contribution in [0.5, 0.6) is 5.75 Å². The quantitative estimate of drug-likeness (QED) is 0.784. The van der Waals surface area contributed by atoms with Crippen molar-refractivity contribution >= 4 is 5.97 Å². The molecule has 0 bridgehead atoms. The Kier molecular flexibility index (Phi) is 5.79. The molecule has 0 aliphatic carbocycles. The number of carbonyl (C=O) groups is 1. The molecule has 19 heavy (non-hydrogen) atoms. The van der Waals surface area contributed by atoms with Crippen molar-refractivity contribution in [1.29, 1.82) is 0 Å². The van der Waals surface area contributed by atoms with Crippen molar-refractivity contribution in [3.63, 3.8) is 0 Å². The van der Waals surface area contributed by atoms with Gasteiger partial charge in [0.2, 0.25) is 0 Å². The monoisotopic (exact) mass is 267 g/mol. The molecule has 1 aromatic rings. The molecule has 106 valence electrons. The molecule has 5 heteroatoms. The molecule has 0 aromatic heterocycles. The summed E-state index contributed by atoms with van der Waals surface area (Å²) in [7, 11) is 1.57. The lowest BCUT2D eigenvalue weighted by Gasteiger charge is -2.27. The zero-order valence-corrected chi connectivity index (χ0v) is 11.5. The summed E-state index contributed by atoms with van der Waals surface area (Å²) < 4.78 is 5.10. The fourth-order valence-electron chi connectivity index (χ4n) is 1.81. The minimum atomic E-state index is -0.897. The van der Waals surface area contributed by atoms with Crippen molar-refractivity contribution in [2.75, 3.05) is 20.2 Å². The first-order chi connectivity index (χ1) is 8.93. The number of carboxylic acid groups (broad SMARTS) is 1. The van der Waals surface area contributed by atoms with Crippen LogP contribution in [-0.4, -0.2) is 47.3 Å². The first-order valence-corrected chi connectivity index (χ1v) is 6.22. The van der Waals surface area contributed by atoms with Gasteiger partial charge in [-0.1, -0.05) is 12.1 Å². The van der Waals surface area contributed by atoms with Gasteiger partial charge in [0.25, 0.3) is 0 Å². The van der Waals surface area contributed by atoms with Crippen LogP contribution in [0.1, 0.15) is 25.5 Å². The lowest BCUT2D eigenvalue weighted by molar-refractivity contribution is -0.139. The molecule has 1 aromatic carbocycles. The van der Waals surface area contributed by atoms with E-state index < -0.39 is 12.1 Å². The van der Waals surface area contributed by atoms with Crippen molar-refractivity contribution in [3.05, 3.63) is 29.8 Å². The van der Waals surface area contributed by atoms with Crippen LogP contribution in [0.15, 0.2) is 24.3 Å². The van der Waals surface area contributed by atoms with Gasteiger partial charge in [0.15, 0.2) is 0 Å². The van der Waals surface area contributed by atoms with Gasteiger partial charge in [-0.3, -0.25) is 9.69 Å². The fraction of sp³-hybridized carbons (Fsp3) is 0.500. The number of aliphatic carboxylic acids is 1. The number of ether oxygens (including phenoxy) is 1. The Morgan fingerprint density at radius 3 is 2.63 bits per heavy atom. The molecule has 0 radical (unpaired) electrons. The second-order valence-corrected chi connectivity index (χ2v) is 4.71. The predicted octanol–water partition coefficient (Wildman–Crippen LogP) is 1.52. The summed E-state index contributed by atoms with van der Waals surface area (Å²) in [4.78, 5) is 12.5. The van der Waals surface area contributed by atoms with Crippen LogP contribution in [0.2, 0.25) is 0 Å². The number of aliphatic hydroxyl groups is 1. The third kappa shape index (κ3) is 4.89. The molecule has 0 saturated heterocycles. The summed E-state index contributed by atoms with van der Waals surface area (Å²) in [6.45, 7) is 4.00. The smallest absolute Gasteiger partial charge is 0.317 e. The molecule has 0 saturated carbocycles. The number of carboxylic acids is 1. The van der Waals surface area contributed by atoms with Crippen LogP contribution in [0.3, 0.4) is 0 Å². The van der Waals surface area contributed by atoms with E-state index in [0.717, 1.165) is 5.56 Å². The topological polar surface area (TPSA) is 70.0 Å². The Hall–Kier alpha value is -1.59. The van der Waals surface area contributed by atoms with Crippen LogP contribution in [0, 0.1) is 0 Å². The predicted molar refractivity (Wildman–Crippen MR) is 72.3 cm³/mol. The van der Waals surface area contributed by atoms with Gasteiger partial charge in [-0.2, -0.15) is 0 Å². The Balaban J connectivity index is 2.75. The maximum Gasteiger partial charge on any atom is 0.317 e. The fourth-order valence-corrected chi connectivity index (χ4v) is 1.81. The Morgan fingerprint density at radius 2 is 2.11 bits per heavy atom. The minimum Gasteiger partial charge on any atom is -0.497 e. The van der Waals surface area contributed by atoms with E-state index in [0.29, 0.717) is 5.75 Å².